The maximum Gasteiger partial charge on any atom is 0.268 e. The highest BCUT2D eigenvalue weighted by Gasteiger charge is 2.25. The Balaban J connectivity index is 1.68. The van der Waals surface area contributed by atoms with E-state index in [0.29, 0.717) is 11.9 Å². The van der Waals surface area contributed by atoms with Gasteiger partial charge in [-0.3, -0.25) is 0 Å². The molecule has 0 aliphatic carbocycles. The average molecular weight is 420 g/mol. The molecular weight excluding hydrogens is 394 g/mol. The molecule has 1 aromatic heterocycles. The third-order valence-electron chi connectivity index (χ3n) is 5.65. The van der Waals surface area contributed by atoms with Crippen LogP contribution in [0, 0.1) is 0 Å². The van der Waals surface area contributed by atoms with E-state index in [1.54, 1.807) is 36.5 Å². The molecule has 4 nitrogen and oxygen atoms in total. The topological polar surface area (TPSA) is 59.3 Å². The Labute approximate surface area is 177 Å². The fourth-order valence-corrected chi connectivity index (χ4v) is 5.26. The minimum absolute atomic E-state index is 0.203. The normalized spacial score (nSPS) is 13.9. The molecule has 4 rings (SSSR count). The first-order valence-corrected chi connectivity index (χ1v) is 11.5. The highest BCUT2D eigenvalue weighted by atomic mass is 32.2. The zero-order valence-corrected chi connectivity index (χ0v) is 17.7. The maximum absolute atomic E-state index is 13.3. The van der Waals surface area contributed by atoms with Gasteiger partial charge in [-0.1, -0.05) is 73.7 Å². The Morgan fingerprint density at radius 1 is 0.867 bits per heavy atom. The molecule has 0 amide bonds. The number of hydrogen-bond donors (Lipinski definition) is 1. The van der Waals surface area contributed by atoms with Gasteiger partial charge in [0.2, 0.25) is 0 Å². The molecule has 0 unspecified atom stereocenters. The van der Waals surface area contributed by atoms with Gasteiger partial charge in [0.25, 0.3) is 10.0 Å². The summed E-state index contributed by atoms with van der Waals surface area (Å²) in [5, 5.41) is 11.7. The van der Waals surface area contributed by atoms with Gasteiger partial charge in [0.05, 0.1) is 16.5 Å². The van der Waals surface area contributed by atoms with Gasteiger partial charge in [0.1, 0.15) is 0 Å². The quantitative estimate of drug-likeness (QED) is 0.460. The molecule has 0 aliphatic rings. The number of aliphatic hydroxyl groups excluding tert-OH is 1. The van der Waals surface area contributed by atoms with Crippen LogP contribution in [0.15, 0.2) is 96.0 Å². The molecule has 0 saturated carbocycles. The number of aryl methyl sites for hydroxylation is 1. The summed E-state index contributed by atoms with van der Waals surface area (Å²) < 4.78 is 27.9. The summed E-state index contributed by atoms with van der Waals surface area (Å²) in [7, 11) is -3.72. The van der Waals surface area contributed by atoms with Gasteiger partial charge in [-0.2, -0.15) is 0 Å². The van der Waals surface area contributed by atoms with Crippen LogP contribution in [0.1, 0.15) is 30.4 Å². The molecule has 0 spiro atoms. The van der Waals surface area contributed by atoms with E-state index in [0.717, 1.165) is 17.4 Å². The van der Waals surface area contributed by atoms with Gasteiger partial charge in [0, 0.05) is 17.5 Å². The van der Waals surface area contributed by atoms with Crippen molar-refractivity contribution in [2.24, 2.45) is 0 Å². The van der Waals surface area contributed by atoms with Crippen molar-refractivity contribution in [2.45, 2.75) is 36.7 Å². The van der Waals surface area contributed by atoms with E-state index >= 15 is 0 Å². The summed E-state index contributed by atoms with van der Waals surface area (Å²) in [5.74, 6) is -0.203. The number of rotatable bonds is 7. The Morgan fingerprint density at radius 3 is 2.17 bits per heavy atom. The monoisotopic (exact) mass is 419 g/mol. The molecule has 30 heavy (non-hydrogen) atoms. The summed E-state index contributed by atoms with van der Waals surface area (Å²) >= 11 is 0. The predicted octanol–water partition coefficient (Wildman–Crippen LogP) is 4.98. The molecule has 2 atom stereocenters. The van der Waals surface area contributed by atoms with E-state index in [-0.39, 0.29) is 10.8 Å². The Morgan fingerprint density at radius 2 is 1.47 bits per heavy atom. The standard InChI is InChI=1S/C25H25NO3S/c1-19(25(27)17-16-20-10-4-2-5-11-20)23-18-26(24-15-9-8-14-22(23)24)30(28,29)21-12-6-3-7-13-21/h2-15,18-19,25,27H,16-17H2,1H3/t19-,25+/m0/s1. The van der Waals surface area contributed by atoms with Crippen molar-refractivity contribution in [1.29, 1.82) is 0 Å². The highest BCUT2D eigenvalue weighted by Crippen LogP contribution is 2.33. The Hall–Kier alpha value is -2.89. The number of para-hydroxylation sites is 1. The van der Waals surface area contributed by atoms with Crippen LogP contribution in [0.4, 0.5) is 0 Å². The van der Waals surface area contributed by atoms with E-state index in [1.807, 2.05) is 49.4 Å². The first-order chi connectivity index (χ1) is 14.5. The number of aromatic nitrogens is 1. The molecule has 0 fully saturated rings. The molecule has 0 radical (unpaired) electrons. The van der Waals surface area contributed by atoms with Crippen molar-refractivity contribution in [2.75, 3.05) is 0 Å². The maximum atomic E-state index is 13.3. The molecule has 1 heterocycles. The van der Waals surface area contributed by atoms with Gasteiger partial charge in [-0.15, -0.1) is 0 Å². The second kappa shape index (κ2) is 8.46. The molecule has 1 N–H and O–H groups in total. The van der Waals surface area contributed by atoms with Crippen LogP contribution in [-0.4, -0.2) is 23.6 Å². The van der Waals surface area contributed by atoms with Crippen molar-refractivity contribution in [3.05, 3.63) is 102 Å². The molecular formula is C25H25NO3S. The van der Waals surface area contributed by atoms with E-state index < -0.39 is 16.1 Å². The summed E-state index contributed by atoms with van der Waals surface area (Å²) in [6, 6.07) is 26.0. The molecule has 4 aromatic rings. The molecule has 0 aliphatic heterocycles. The number of hydrogen-bond acceptors (Lipinski definition) is 3. The largest absolute Gasteiger partial charge is 0.392 e. The summed E-state index contributed by atoms with van der Waals surface area (Å²) in [5.41, 5.74) is 2.64. The van der Waals surface area contributed by atoms with Crippen LogP contribution in [0.3, 0.4) is 0 Å². The second-order valence-electron chi connectivity index (χ2n) is 7.60. The van der Waals surface area contributed by atoms with Gasteiger partial charge in [-0.05, 0) is 42.2 Å². The third kappa shape index (κ3) is 3.91. The minimum atomic E-state index is -3.72. The highest BCUT2D eigenvalue weighted by molar-refractivity contribution is 7.90. The SMILES string of the molecule is C[C@@H](c1cn(S(=O)(=O)c2ccccc2)c2ccccc12)[C@H](O)CCc1ccccc1. The second-order valence-corrected chi connectivity index (χ2v) is 9.41. The van der Waals surface area contributed by atoms with E-state index in [4.69, 9.17) is 0 Å². The minimum Gasteiger partial charge on any atom is -0.392 e. The average Bonchev–Trinajstić information content (AvgIpc) is 3.19. The van der Waals surface area contributed by atoms with E-state index in [1.165, 1.54) is 9.54 Å². The van der Waals surface area contributed by atoms with Crippen molar-refractivity contribution in [1.82, 2.24) is 3.97 Å². The van der Waals surface area contributed by atoms with Crippen LogP contribution >= 0.6 is 0 Å². The van der Waals surface area contributed by atoms with Crippen molar-refractivity contribution in [3.8, 4) is 0 Å². The lowest BCUT2D eigenvalue weighted by molar-refractivity contribution is 0.140. The van der Waals surface area contributed by atoms with Gasteiger partial charge >= 0.3 is 0 Å². The first-order valence-electron chi connectivity index (χ1n) is 10.1. The number of fused-ring (bicyclic) bond motifs is 1. The summed E-state index contributed by atoms with van der Waals surface area (Å²) in [6.07, 6.45) is 2.47. The van der Waals surface area contributed by atoms with Crippen LogP contribution in [0.2, 0.25) is 0 Å². The van der Waals surface area contributed by atoms with Crippen molar-refractivity contribution < 1.29 is 13.5 Å². The first kappa shape index (κ1) is 20.4. The fourth-order valence-electron chi connectivity index (χ4n) is 3.86. The van der Waals surface area contributed by atoms with E-state index in [2.05, 4.69) is 12.1 Å². The number of aliphatic hydroxyl groups is 1. The van der Waals surface area contributed by atoms with Gasteiger partial charge in [0.15, 0.2) is 0 Å². The van der Waals surface area contributed by atoms with Gasteiger partial charge in [-0.25, -0.2) is 12.4 Å². The van der Waals surface area contributed by atoms with Crippen molar-refractivity contribution >= 4 is 20.9 Å². The van der Waals surface area contributed by atoms with Crippen LogP contribution in [0.25, 0.3) is 10.9 Å². The molecule has 5 heteroatoms. The molecule has 3 aromatic carbocycles. The third-order valence-corrected chi connectivity index (χ3v) is 7.34. The molecule has 0 bridgehead atoms. The lowest BCUT2D eigenvalue weighted by Gasteiger charge is -2.18. The van der Waals surface area contributed by atoms with Crippen LogP contribution in [0.5, 0.6) is 0 Å². The summed E-state index contributed by atoms with van der Waals surface area (Å²) in [6.45, 7) is 1.96. The summed E-state index contributed by atoms with van der Waals surface area (Å²) in [4.78, 5) is 0.245. The Kier molecular flexibility index (Phi) is 5.75. The molecule has 154 valence electrons. The van der Waals surface area contributed by atoms with Crippen molar-refractivity contribution in [3.63, 3.8) is 0 Å². The fraction of sp³-hybridized carbons (Fsp3) is 0.200. The lowest BCUT2D eigenvalue weighted by Crippen LogP contribution is -2.17. The zero-order chi connectivity index (χ0) is 21.1. The van der Waals surface area contributed by atoms with Crippen LogP contribution in [-0.2, 0) is 16.4 Å². The Bertz CT molecular complexity index is 1230. The number of nitrogens with zero attached hydrogens (tertiary/aromatic N) is 1. The van der Waals surface area contributed by atoms with Crippen LogP contribution < -0.4 is 0 Å². The number of benzene rings is 3. The molecule has 0 saturated heterocycles. The lowest BCUT2D eigenvalue weighted by atomic mass is 9.91. The van der Waals surface area contributed by atoms with Gasteiger partial charge < -0.3 is 5.11 Å². The zero-order valence-electron chi connectivity index (χ0n) is 16.8. The van der Waals surface area contributed by atoms with E-state index in [9.17, 15) is 13.5 Å². The predicted molar refractivity (Wildman–Crippen MR) is 120 cm³/mol. The smallest absolute Gasteiger partial charge is 0.268 e.